The minimum absolute atomic E-state index is 0.231. The zero-order chi connectivity index (χ0) is 15.1. The summed E-state index contributed by atoms with van der Waals surface area (Å²) in [5.74, 6) is 0.532. The Hall–Kier alpha value is -2.07. The van der Waals surface area contributed by atoms with Crippen LogP contribution >= 0.6 is 11.6 Å². The Kier molecular flexibility index (Phi) is 5.58. The van der Waals surface area contributed by atoms with Gasteiger partial charge in [-0.2, -0.15) is 0 Å². The van der Waals surface area contributed by atoms with Crippen LogP contribution in [0.1, 0.15) is 30.1 Å². The second-order valence-electron chi connectivity index (χ2n) is 4.54. The van der Waals surface area contributed by atoms with E-state index in [1.807, 2.05) is 0 Å². The van der Waals surface area contributed by atoms with E-state index in [9.17, 15) is 4.79 Å². The molecule has 1 aromatic heterocycles. The summed E-state index contributed by atoms with van der Waals surface area (Å²) < 4.78 is 5.56. The van der Waals surface area contributed by atoms with Crippen LogP contribution < -0.4 is 10.1 Å². The summed E-state index contributed by atoms with van der Waals surface area (Å²) in [4.78, 5) is 16.0. The monoisotopic (exact) mass is 304 g/mol. The Morgan fingerprint density at radius 1 is 1.29 bits per heavy atom. The smallest absolute Gasteiger partial charge is 0.255 e. The average molecular weight is 305 g/mol. The molecule has 0 bridgehead atoms. The Morgan fingerprint density at radius 2 is 2.05 bits per heavy atom. The quantitative estimate of drug-likeness (QED) is 0.815. The lowest BCUT2D eigenvalue weighted by Crippen LogP contribution is -2.12. The fourth-order valence-corrected chi connectivity index (χ4v) is 1.85. The van der Waals surface area contributed by atoms with Crippen molar-refractivity contribution in [3.05, 3.63) is 53.3 Å². The number of anilines is 1. The van der Waals surface area contributed by atoms with Crippen LogP contribution in [-0.4, -0.2) is 17.5 Å². The van der Waals surface area contributed by atoms with E-state index in [4.69, 9.17) is 16.3 Å². The molecule has 0 aliphatic heterocycles. The number of pyridine rings is 1. The van der Waals surface area contributed by atoms with Gasteiger partial charge < -0.3 is 10.1 Å². The maximum absolute atomic E-state index is 12.1. The first kappa shape index (κ1) is 15.3. The predicted octanol–water partition coefficient (Wildman–Crippen LogP) is 4.17. The molecular formula is C16H17ClN2O2. The van der Waals surface area contributed by atoms with Gasteiger partial charge in [0.2, 0.25) is 0 Å². The van der Waals surface area contributed by atoms with Gasteiger partial charge in [0.25, 0.3) is 5.91 Å². The van der Waals surface area contributed by atoms with E-state index >= 15 is 0 Å². The van der Waals surface area contributed by atoms with Crippen LogP contribution in [0.4, 0.5) is 5.69 Å². The van der Waals surface area contributed by atoms with Gasteiger partial charge in [0.15, 0.2) is 0 Å². The molecule has 0 saturated heterocycles. The number of hydrogen-bond acceptors (Lipinski definition) is 3. The number of nitrogens with one attached hydrogen (secondary N) is 1. The van der Waals surface area contributed by atoms with Crippen LogP contribution in [-0.2, 0) is 0 Å². The maximum Gasteiger partial charge on any atom is 0.255 e. The number of carbonyl (C=O) groups is 1. The fraction of sp³-hybridized carbons (Fsp3) is 0.250. The first-order chi connectivity index (χ1) is 10.2. The van der Waals surface area contributed by atoms with E-state index < -0.39 is 0 Å². The SMILES string of the molecule is CCCCOc1ccc(C(=O)Nc2cnccc2Cl)cc1. The average Bonchev–Trinajstić information content (AvgIpc) is 2.50. The molecule has 0 spiro atoms. The Balaban J connectivity index is 1.98. The summed E-state index contributed by atoms with van der Waals surface area (Å²) in [5.41, 5.74) is 1.03. The zero-order valence-corrected chi connectivity index (χ0v) is 12.6. The van der Waals surface area contributed by atoms with Gasteiger partial charge in [-0.25, -0.2) is 0 Å². The topological polar surface area (TPSA) is 51.2 Å². The number of amides is 1. The Bertz CT molecular complexity index is 599. The molecule has 1 N–H and O–H groups in total. The molecule has 0 aliphatic carbocycles. The van der Waals surface area contributed by atoms with Gasteiger partial charge in [0, 0.05) is 11.8 Å². The van der Waals surface area contributed by atoms with Gasteiger partial charge >= 0.3 is 0 Å². The van der Waals surface area contributed by atoms with E-state index in [2.05, 4.69) is 17.2 Å². The highest BCUT2D eigenvalue weighted by molar-refractivity contribution is 6.33. The van der Waals surface area contributed by atoms with Gasteiger partial charge in [0.05, 0.1) is 23.5 Å². The van der Waals surface area contributed by atoms with Gasteiger partial charge in [-0.3, -0.25) is 9.78 Å². The number of unbranched alkanes of at least 4 members (excludes halogenated alkanes) is 1. The number of hydrogen-bond donors (Lipinski definition) is 1. The molecule has 0 radical (unpaired) electrons. The molecule has 0 unspecified atom stereocenters. The van der Waals surface area contributed by atoms with Crippen LogP contribution in [0.15, 0.2) is 42.7 Å². The standard InChI is InChI=1S/C16H17ClN2O2/c1-2-3-10-21-13-6-4-12(5-7-13)16(20)19-15-11-18-9-8-14(15)17/h4-9,11H,2-3,10H2,1H3,(H,19,20). The molecule has 0 saturated carbocycles. The van der Waals surface area contributed by atoms with Crippen LogP contribution in [0, 0.1) is 0 Å². The first-order valence-corrected chi connectivity index (χ1v) is 7.22. The number of carbonyl (C=O) groups excluding carboxylic acids is 1. The zero-order valence-electron chi connectivity index (χ0n) is 11.8. The maximum atomic E-state index is 12.1. The van der Waals surface area contributed by atoms with E-state index in [1.54, 1.807) is 36.5 Å². The van der Waals surface area contributed by atoms with Crippen LogP contribution in [0.2, 0.25) is 5.02 Å². The third kappa shape index (κ3) is 4.46. The summed E-state index contributed by atoms with van der Waals surface area (Å²) in [5, 5.41) is 3.18. The van der Waals surface area contributed by atoms with Crippen molar-refractivity contribution in [1.29, 1.82) is 0 Å². The molecule has 5 heteroatoms. The molecule has 110 valence electrons. The Labute approximate surface area is 129 Å². The molecule has 4 nitrogen and oxygen atoms in total. The van der Waals surface area contributed by atoms with Crippen LogP contribution in [0.5, 0.6) is 5.75 Å². The molecule has 1 aromatic carbocycles. The van der Waals surface area contributed by atoms with Gasteiger partial charge in [-0.1, -0.05) is 24.9 Å². The number of nitrogens with zero attached hydrogens (tertiary/aromatic N) is 1. The van der Waals surface area contributed by atoms with Crippen molar-refractivity contribution in [3.8, 4) is 5.75 Å². The van der Waals surface area contributed by atoms with Crippen molar-refractivity contribution in [2.45, 2.75) is 19.8 Å². The lowest BCUT2D eigenvalue weighted by atomic mass is 10.2. The number of halogens is 1. The van der Waals surface area contributed by atoms with E-state index in [-0.39, 0.29) is 5.91 Å². The van der Waals surface area contributed by atoms with Crippen LogP contribution in [0.25, 0.3) is 0 Å². The van der Waals surface area contributed by atoms with Gasteiger partial charge in [0.1, 0.15) is 5.75 Å². The number of ether oxygens (including phenoxy) is 1. The van der Waals surface area contributed by atoms with Gasteiger partial charge in [-0.05, 0) is 36.8 Å². The largest absolute Gasteiger partial charge is 0.494 e. The highest BCUT2D eigenvalue weighted by Crippen LogP contribution is 2.20. The van der Waals surface area contributed by atoms with Crippen LogP contribution in [0.3, 0.4) is 0 Å². The molecule has 21 heavy (non-hydrogen) atoms. The van der Waals surface area contributed by atoms with E-state index in [1.165, 1.54) is 6.20 Å². The second-order valence-corrected chi connectivity index (χ2v) is 4.94. The summed E-state index contributed by atoms with van der Waals surface area (Å²) in [6, 6.07) is 8.65. The summed E-state index contributed by atoms with van der Waals surface area (Å²) in [7, 11) is 0. The molecule has 0 atom stereocenters. The van der Waals surface area contributed by atoms with Crippen molar-refractivity contribution in [1.82, 2.24) is 4.98 Å². The predicted molar refractivity (Wildman–Crippen MR) is 84.0 cm³/mol. The highest BCUT2D eigenvalue weighted by atomic mass is 35.5. The number of benzene rings is 1. The van der Waals surface area contributed by atoms with Crippen molar-refractivity contribution in [2.75, 3.05) is 11.9 Å². The van der Waals surface area contributed by atoms with Crippen molar-refractivity contribution in [3.63, 3.8) is 0 Å². The molecule has 0 fully saturated rings. The lowest BCUT2D eigenvalue weighted by Gasteiger charge is -2.08. The molecule has 2 aromatic rings. The fourth-order valence-electron chi connectivity index (χ4n) is 1.70. The summed E-state index contributed by atoms with van der Waals surface area (Å²) in [6.45, 7) is 2.80. The molecule has 2 rings (SSSR count). The third-order valence-electron chi connectivity index (χ3n) is 2.90. The Morgan fingerprint density at radius 3 is 2.71 bits per heavy atom. The van der Waals surface area contributed by atoms with E-state index in [0.717, 1.165) is 18.6 Å². The van der Waals surface area contributed by atoms with Gasteiger partial charge in [-0.15, -0.1) is 0 Å². The van der Waals surface area contributed by atoms with Crippen molar-refractivity contribution >= 4 is 23.2 Å². The minimum atomic E-state index is -0.231. The number of rotatable bonds is 6. The molecule has 1 amide bonds. The summed E-state index contributed by atoms with van der Waals surface area (Å²) >= 11 is 5.98. The van der Waals surface area contributed by atoms with E-state index in [0.29, 0.717) is 22.9 Å². The third-order valence-corrected chi connectivity index (χ3v) is 3.23. The second kappa shape index (κ2) is 7.64. The van der Waals surface area contributed by atoms with Crippen molar-refractivity contribution in [2.24, 2.45) is 0 Å². The molecule has 1 heterocycles. The molecule has 0 aliphatic rings. The lowest BCUT2D eigenvalue weighted by molar-refractivity contribution is 0.102. The van der Waals surface area contributed by atoms with Crippen molar-refractivity contribution < 1.29 is 9.53 Å². The first-order valence-electron chi connectivity index (χ1n) is 6.84. The number of aromatic nitrogens is 1. The highest BCUT2D eigenvalue weighted by Gasteiger charge is 2.08. The minimum Gasteiger partial charge on any atom is -0.494 e. The molecular weight excluding hydrogens is 288 g/mol. The summed E-state index contributed by atoms with van der Waals surface area (Å²) in [6.07, 6.45) is 5.19. The normalized spacial score (nSPS) is 10.2.